The first kappa shape index (κ1) is 30.4. The number of rotatable bonds is 12. The minimum Gasteiger partial charge on any atom is -0.353 e. The molecule has 0 radical (unpaired) electrons. The van der Waals surface area contributed by atoms with E-state index in [1.54, 1.807) is 18.3 Å². The number of amides is 2. The van der Waals surface area contributed by atoms with Crippen LogP contribution in [0.25, 0.3) is 0 Å². The van der Waals surface area contributed by atoms with Gasteiger partial charge in [0.15, 0.2) is 0 Å². The largest absolute Gasteiger partial charge is 0.353 e. The molecule has 2 aromatic carbocycles. The number of carbonyl (C=O) groups is 3. The van der Waals surface area contributed by atoms with Gasteiger partial charge in [0, 0.05) is 58.4 Å². The summed E-state index contributed by atoms with van der Waals surface area (Å²) >= 11 is 0. The number of nitrogens with zero attached hydrogens (tertiary/aromatic N) is 4. The fourth-order valence-electron chi connectivity index (χ4n) is 5.84. The number of nitrogens with one attached hydrogen (secondary N) is 2. The molecule has 9 nitrogen and oxygen atoms in total. The molecular formula is C34H42N6O3. The summed E-state index contributed by atoms with van der Waals surface area (Å²) in [5.41, 5.74) is 2.54. The number of hydrogen-bond donors (Lipinski definition) is 2. The SMILES string of the molecule is O=C(NCCN1CCCCC1)C(=O)C(Cc1ccccc1)NC(=O)c1cccnc1N1CCN(Cc2ccccc2)CC1. The van der Waals surface area contributed by atoms with Crippen LogP contribution in [0.4, 0.5) is 5.82 Å². The number of piperazine rings is 1. The van der Waals surface area contributed by atoms with Crippen LogP contribution in [0.5, 0.6) is 0 Å². The lowest BCUT2D eigenvalue weighted by Gasteiger charge is -2.36. The zero-order valence-electron chi connectivity index (χ0n) is 24.8. The van der Waals surface area contributed by atoms with Crippen LogP contribution < -0.4 is 15.5 Å². The third kappa shape index (κ3) is 8.72. The minimum atomic E-state index is -0.999. The monoisotopic (exact) mass is 582 g/mol. The van der Waals surface area contributed by atoms with Crippen molar-refractivity contribution in [2.24, 2.45) is 0 Å². The Labute approximate surface area is 254 Å². The van der Waals surface area contributed by atoms with E-state index in [1.165, 1.54) is 12.0 Å². The van der Waals surface area contributed by atoms with Crippen molar-refractivity contribution in [1.29, 1.82) is 0 Å². The molecular weight excluding hydrogens is 540 g/mol. The number of Topliss-reactive ketones (excluding diaryl/α,β-unsaturated/α-hetero) is 1. The lowest BCUT2D eigenvalue weighted by Crippen LogP contribution is -2.50. The molecule has 0 aliphatic carbocycles. The van der Waals surface area contributed by atoms with Gasteiger partial charge in [0.1, 0.15) is 11.9 Å². The zero-order chi connectivity index (χ0) is 29.9. The van der Waals surface area contributed by atoms with Gasteiger partial charge in [-0.2, -0.15) is 0 Å². The standard InChI is InChI=1S/C34H42N6O3/c41-31(34(43)36-17-20-38-18-8-3-9-19-38)30(25-27-11-4-1-5-12-27)37-33(42)29-15-10-16-35-32(29)40-23-21-39(22-24-40)26-28-13-6-2-7-14-28/h1-2,4-7,10-16,30H,3,8-9,17-26H2,(H,36,43)(H,37,42). The van der Waals surface area contributed by atoms with Crippen LogP contribution >= 0.6 is 0 Å². The third-order valence-electron chi connectivity index (χ3n) is 8.24. The molecule has 2 saturated heterocycles. The molecule has 1 aromatic heterocycles. The molecule has 226 valence electrons. The summed E-state index contributed by atoms with van der Waals surface area (Å²) in [4.78, 5) is 51.4. The van der Waals surface area contributed by atoms with Gasteiger partial charge in [-0.25, -0.2) is 4.98 Å². The molecule has 2 amide bonds. The fourth-order valence-corrected chi connectivity index (χ4v) is 5.84. The summed E-state index contributed by atoms with van der Waals surface area (Å²) in [5, 5.41) is 5.67. The van der Waals surface area contributed by atoms with Gasteiger partial charge in [-0.05, 0) is 49.2 Å². The van der Waals surface area contributed by atoms with Gasteiger partial charge in [0.25, 0.3) is 11.8 Å². The van der Waals surface area contributed by atoms with E-state index in [4.69, 9.17) is 0 Å². The van der Waals surface area contributed by atoms with Crippen molar-refractivity contribution >= 4 is 23.4 Å². The predicted octanol–water partition coefficient (Wildman–Crippen LogP) is 2.92. The molecule has 2 aliphatic heterocycles. The van der Waals surface area contributed by atoms with E-state index in [0.717, 1.165) is 64.2 Å². The molecule has 5 rings (SSSR count). The van der Waals surface area contributed by atoms with Crippen LogP contribution in [-0.2, 0) is 22.6 Å². The second-order valence-electron chi connectivity index (χ2n) is 11.4. The summed E-state index contributed by atoms with van der Waals surface area (Å²) < 4.78 is 0. The molecule has 0 bridgehead atoms. The first-order valence-corrected chi connectivity index (χ1v) is 15.4. The average molecular weight is 583 g/mol. The Morgan fingerprint density at radius 2 is 1.42 bits per heavy atom. The Bertz CT molecular complexity index is 1340. The average Bonchev–Trinajstić information content (AvgIpc) is 3.06. The number of pyridine rings is 1. The number of ketones is 1. The van der Waals surface area contributed by atoms with Gasteiger partial charge in [0.2, 0.25) is 5.78 Å². The normalized spacial score (nSPS) is 16.8. The third-order valence-corrected chi connectivity index (χ3v) is 8.24. The molecule has 0 spiro atoms. The Balaban J connectivity index is 1.23. The van der Waals surface area contributed by atoms with Crippen LogP contribution in [-0.4, -0.2) is 90.8 Å². The van der Waals surface area contributed by atoms with Crippen molar-refractivity contribution in [3.8, 4) is 0 Å². The van der Waals surface area contributed by atoms with Crippen molar-refractivity contribution in [3.05, 3.63) is 95.7 Å². The van der Waals surface area contributed by atoms with E-state index < -0.39 is 23.6 Å². The highest BCUT2D eigenvalue weighted by molar-refractivity contribution is 6.38. The number of hydrogen-bond acceptors (Lipinski definition) is 7. The molecule has 43 heavy (non-hydrogen) atoms. The zero-order valence-corrected chi connectivity index (χ0v) is 24.8. The quantitative estimate of drug-likeness (QED) is 0.317. The number of piperidine rings is 1. The molecule has 3 aromatic rings. The Hall–Kier alpha value is -4.08. The summed E-state index contributed by atoms with van der Waals surface area (Å²) in [6.07, 6.45) is 5.48. The predicted molar refractivity (Wildman–Crippen MR) is 168 cm³/mol. The summed E-state index contributed by atoms with van der Waals surface area (Å²) in [6, 6.07) is 22.3. The molecule has 2 N–H and O–H groups in total. The van der Waals surface area contributed by atoms with Crippen LogP contribution in [0.3, 0.4) is 0 Å². The summed E-state index contributed by atoms with van der Waals surface area (Å²) in [7, 11) is 0. The molecule has 3 heterocycles. The number of aromatic nitrogens is 1. The van der Waals surface area contributed by atoms with Crippen molar-refractivity contribution in [2.75, 3.05) is 57.3 Å². The van der Waals surface area contributed by atoms with E-state index in [-0.39, 0.29) is 6.42 Å². The van der Waals surface area contributed by atoms with Gasteiger partial charge < -0.3 is 20.4 Å². The Morgan fingerprint density at radius 1 is 0.744 bits per heavy atom. The van der Waals surface area contributed by atoms with Crippen molar-refractivity contribution in [1.82, 2.24) is 25.4 Å². The van der Waals surface area contributed by atoms with Gasteiger partial charge >= 0.3 is 0 Å². The highest BCUT2D eigenvalue weighted by atomic mass is 16.2. The topological polar surface area (TPSA) is 97.9 Å². The van der Waals surface area contributed by atoms with Gasteiger partial charge in [-0.1, -0.05) is 67.1 Å². The van der Waals surface area contributed by atoms with E-state index >= 15 is 0 Å². The smallest absolute Gasteiger partial charge is 0.289 e. The highest BCUT2D eigenvalue weighted by Gasteiger charge is 2.30. The van der Waals surface area contributed by atoms with Crippen LogP contribution in [0.15, 0.2) is 79.0 Å². The van der Waals surface area contributed by atoms with E-state index in [9.17, 15) is 14.4 Å². The van der Waals surface area contributed by atoms with Crippen molar-refractivity contribution in [2.45, 2.75) is 38.3 Å². The van der Waals surface area contributed by atoms with Gasteiger partial charge in [-0.3, -0.25) is 19.3 Å². The molecule has 9 heteroatoms. The van der Waals surface area contributed by atoms with Crippen molar-refractivity contribution in [3.63, 3.8) is 0 Å². The minimum absolute atomic E-state index is 0.221. The number of anilines is 1. The van der Waals surface area contributed by atoms with Crippen LogP contribution in [0.2, 0.25) is 0 Å². The second-order valence-corrected chi connectivity index (χ2v) is 11.4. The molecule has 0 saturated carbocycles. The molecule has 2 fully saturated rings. The van der Waals surface area contributed by atoms with Crippen LogP contribution in [0, 0.1) is 0 Å². The maximum Gasteiger partial charge on any atom is 0.289 e. The summed E-state index contributed by atoms with van der Waals surface area (Å²) in [5.74, 6) is -1.13. The maximum absolute atomic E-state index is 13.7. The maximum atomic E-state index is 13.7. The Morgan fingerprint density at radius 3 is 2.12 bits per heavy atom. The van der Waals surface area contributed by atoms with Crippen molar-refractivity contribution < 1.29 is 14.4 Å². The lowest BCUT2D eigenvalue weighted by molar-refractivity contribution is -0.139. The van der Waals surface area contributed by atoms with E-state index in [2.05, 4.69) is 54.6 Å². The first-order valence-electron chi connectivity index (χ1n) is 15.4. The lowest BCUT2D eigenvalue weighted by atomic mass is 10.0. The fraction of sp³-hybridized carbons (Fsp3) is 0.412. The summed E-state index contributed by atoms with van der Waals surface area (Å²) in [6.45, 7) is 7.20. The second kappa shape index (κ2) is 15.4. The molecule has 2 aliphatic rings. The molecule has 1 atom stereocenters. The van der Waals surface area contributed by atoms with Gasteiger partial charge in [-0.15, -0.1) is 0 Å². The number of carbonyl (C=O) groups excluding carboxylic acids is 3. The van der Waals surface area contributed by atoms with E-state index in [1.807, 2.05) is 36.4 Å². The highest BCUT2D eigenvalue weighted by Crippen LogP contribution is 2.20. The van der Waals surface area contributed by atoms with Gasteiger partial charge in [0.05, 0.1) is 5.56 Å². The Kier molecular flexibility index (Phi) is 10.9. The first-order chi connectivity index (χ1) is 21.1. The van der Waals surface area contributed by atoms with E-state index in [0.29, 0.717) is 24.5 Å². The number of likely N-dealkylation sites (tertiary alicyclic amines) is 1. The van der Waals surface area contributed by atoms with Crippen LogP contribution in [0.1, 0.15) is 40.7 Å². The molecule has 1 unspecified atom stereocenters. The number of benzene rings is 2.